The second-order valence-electron chi connectivity index (χ2n) is 3.46. The maximum atomic E-state index is 13.5. The lowest BCUT2D eigenvalue weighted by Gasteiger charge is -2.10. The van der Waals surface area contributed by atoms with Gasteiger partial charge >= 0.3 is 5.97 Å². The lowest BCUT2D eigenvalue weighted by molar-refractivity contribution is -0.138. The van der Waals surface area contributed by atoms with Gasteiger partial charge in [0.2, 0.25) is 0 Å². The van der Waals surface area contributed by atoms with Gasteiger partial charge in [0.15, 0.2) is 0 Å². The molecule has 16 heavy (non-hydrogen) atoms. The average Bonchev–Trinajstić information content (AvgIpc) is 2.22. The minimum Gasteiger partial charge on any atom is -0.481 e. The molecule has 3 nitrogen and oxygen atoms in total. The van der Waals surface area contributed by atoms with E-state index >= 15 is 0 Å². The SMILES string of the molecule is COCc1cc(F)c(C(C)C(=O)O)cc1F. The molecule has 1 aromatic carbocycles. The van der Waals surface area contributed by atoms with Gasteiger partial charge in [0, 0.05) is 18.2 Å². The zero-order valence-electron chi connectivity index (χ0n) is 8.96. The van der Waals surface area contributed by atoms with Gasteiger partial charge in [-0.15, -0.1) is 0 Å². The zero-order chi connectivity index (χ0) is 12.3. The summed E-state index contributed by atoms with van der Waals surface area (Å²) in [6.45, 7) is 1.25. The van der Waals surface area contributed by atoms with Crippen LogP contribution in [0.2, 0.25) is 0 Å². The van der Waals surface area contributed by atoms with Gasteiger partial charge in [0.05, 0.1) is 12.5 Å². The Hall–Kier alpha value is -1.49. The molecule has 1 atom stereocenters. The first-order chi connectivity index (χ1) is 7.47. The number of benzene rings is 1. The molecule has 0 amide bonds. The summed E-state index contributed by atoms with van der Waals surface area (Å²) in [7, 11) is 1.37. The number of carbonyl (C=O) groups is 1. The molecule has 1 unspecified atom stereocenters. The Kier molecular flexibility index (Phi) is 3.95. The van der Waals surface area contributed by atoms with Crippen molar-refractivity contribution in [2.75, 3.05) is 7.11 Å². The standard InChI is InChI=1S/C11H12F2O3/c1-6(11(14)15)8-4-9(12)7(5-16-2)3-10(8)13/h3-4,6H,5H2,1-2H3,(H,14,15). The molecule has 88 valence electrons. The molecule has 0 heterocycles. The highest BCUT2D eigenvalue weighted by Crippen LogP contribution is 2.23. The van der Waals surface area contributed by atoms with Crippen molar-refractivity contribution in [3.63, 3.8) is 0 Å². The third kappa shape index (κ3) is 2.55. The van der Waals surface area contributed by atoms with Gasteiger partial charge in [-0.2, -0.15) is 0 Å². The number of methoxy groups -OCH3 is 1. The predicted molar refractivity (Wildman–Crippen MR) is 53.1 cm³/mol. The molecular weight excluding hydrogens is 218 g/mol. The Balaban J connectivity index is 3.14. The van der Waals surface area contributed by atoms with Gasteiger partial charge in [0.25, 0.3) is 0 Å². The van der Waals surface area contributed by atoms with Crippen molar-refractivity contribution in [1.82, 2.24) is 0 Å². The Morgan fingerprint density at radius 2 is 2.06 bits per heavy atom. The van der Waals surface area contributed by atoms with Crippen molar-refractivity contribution < 1.29 is 23.4 Å². The summed E-state index contributed by atoms with van der Waals surface area (Å²) in [6, 6.07) is 1.87. The Bertz CT molecular complexity index is 404. The number of rotatable bonds is 4. The van der Waals surface area contributed by atoms with Crippen LogP contribution in [-0.4, -0.2) is 18.2 Å². The Morgan fingerprint density at radius 3 is 2.56 bits per heavy atom. The monoisotopic (exact) mass is 230 g/mol. The maximum Gasteiger partial charge on any atom is 0.310 e. The maximum absolute atomic E-state index is 13.5. The van der Waals surface area contributed by atoms with Crippen LogP contribution in [0.5, 0.6) is 0 Å². The average molecular weight is 230 g/mol. The highest BCUT2D eigenvalue weighted by Gasteiger charge is 2.20. The van der Waals surface area contributed by atoms with Crippen molar-refractivity contribution in [3.8, 4) is 0 Å². The van der Waals surface area contributed by atoms with E-state index in [1.165, 1.54) is 14.0 Å². The Morgan fingerprint density at radius 1 is 1.44 bits per heavy atom. The highest BCUT2D eigenvalue weighted by molar-refractivity contribution is 5.75. The molecule has 0 aliphatic rings. The van der Waals surface area contributed by atoms with Crippen LogP contribution < -0.4 is 0 Å². The van der Waals surface area contributed by atoms with E-state index in [9.17, 15) is 13.6 Å². The second kappa shape index (κ2) is 5.03. The smallest absolute Gasteiger partial charge is 0.310 e. The van der Waals surface area contributed by atoms with E-state index in [4.69, 9.17) is 5.11 Å². The van der Waals surface area contributed by atoms with Crippen LogP contribution in [0.25, 0.3) is 0 Å². The number of carboxylic acids is 1. The van der Waals surface area contributed by atoms with E-state index < -0.39 is 23.5 Å². The molecule has 0 spiro atoms. The van der Waals surface area contributed by atoms with Crippen molar-refractivity contribution >= 4 is 5.97 Å². The van der Waals surface area contributed by atoms with E-state index in [1.807, 2.05) is 0 Å². The number of hydrogen-bond donors (Lipinski definition) is 1. The van der Waals surface area contributed by atoms with Gasteiger partial charge in [-0.25, -0.2) is 8.78 Å². The zero-order valence-corrected chi connectivity index (χ0v) is 8.96. The second-order valence-corrected chi connectivity index (χ2v) is 3.46. The molecule has 0 fully saturated rings. The van der Waals surface area contributed by atoms with E-state index in [0.29, 0.717) is 0 Å². The topological polar surface area (TPSA) is 46.5 Å². The van der Waals surface area contributed by atoms with Crippen LogP contribution in [-0.2, 0) is 16.1 Å². The first-order valence-electron chi connectivity index (χ1n) is 4.67. The normalized spacial score (nSPS) is 12.5. The molecule has 0 saturated heterocycles. The first kappa shape index (κ1) is 12.6. The van der Waals surface area contributed by atoms with Gasteiger partial charge in [-0.1, -0.05) is 0 Å². The summed E-state index contributed by atoms with van der Waals surface area (Å²) < 4.78 is 31.6. The number of aliphatic carboxylic acids is 1. The van der Waals surface area contributed by atoms with Crippen LogP contribution in [0.15, 0.2) is 12.1 Å². The van der Waals surface area contributed by atoms with E-state index in [-0.39, 0.29) is 17.7 Å². The van der Waals surface area contributed by atoms with Crippen molar-refractivity contribution in [1.29, 1.82) is 0 Å². The lowest BCUT2D eigenvalue weighted by atomic mass is 9.99. The fourth-order valence-corrected chi connectivity index (χ4v) is 1.33. The van der Waals surface area contributed by atoms with Gasteiger partial charge in [0.1, 0.15) is 11.6 Å². The predicted octanol–water partition coefficient (Wildman–Crippen LogP) is 2.30. The molecule has 0 bridgehead atoms. The number of hydrogen-bond acceptors (Lipinski definition) is 2. The summed E-state index contributed by atoms with van der Waals surface area (Å²) >= 11 is 0. The molecule has 1 N–H and O–H groups in total. The third-order valence-electron chi connectivity index (χ3n) is 2.30. The van der Waals surface area contributed by atoms with E-state index in [2.05, 4.69) is 4.74 Å². The van der Waals surface area contributed by atoms with Gasteiger partial charge < -0.3 is 9.84 Å². The van der Waals surface area contributed by atoms with Crippen molar-refractivity contribution in [3.05, 3.63) is 34.9 Å². The highest BCUT2D eigenvalue weighted by atomic mass is 19.1. The van der Waals surface area contributed by atoms with E-state index in [1.54, 1.807) is 0 Å². The molecule has 1 rings (SSSR count). The minimum atomic E-state index is -1.20. The van der Waals surface area contributed by atoms with Crippen LogP contribution in [0.1, 0.15) is 24.0 Å². The van der Waals surface area contributed by atoms with Gasteiger partial charge in [-0.3, -0.25) is 4.79 Å². The summed E-state index contributed by atoms with van der Waals surface area (Å²) in [5.74, 6) is -3.67. The molecule has 0 radical (unpaired) electrons. The van der Waals surface area contributed by atoms with Crippen molar-refractivity contribution in [2.45, 2.75) is 19.4 Å². The first-order valence-corrected chi connectivity index (χ1v) is 4.67. The van der Waals surface area contributed by atoms with E-state index in [0.717, 1.165) is 12.1 Å². The fraction of sp³-hybridized carbons (Fsp3) is 0.364. The van der Waals surface area contributed by atoms with Crippen LogP contribution in [0, 0.1) is 11.6 Å². The van der Waals surface area contributed by atoms with Crippen LogP contribution >= 0.6 is 0 Å². The molecular formula is C11H12F2O3. The number of carboxylic acid groups (broad SMARTS) is 1. The largest absolute Gasteiger partial charge is 0.481 e. The van der Waals surface area contributed by atoms with Crippen LogP contribution in [0.4, 0.5) is 8.78 Å². The molecule has 1 aromatic rings. The summed E-state index contributed by atoms with van der Waals surface area (Å²) in [6.07, 6.45) is 0. The lowest BCUT2D eigenvalue weighted by Crippen LogP contribution is -2.10. The molecule has 0 aliphatic carbocycles. The summed E-state index contributed by atoms with van der Waals surface area (Å²) in [5, 5.41) is 8.71. The van der Waals surface area contributed by atoms with Crippen LogP contribution in [0.3, 0.4) is 0 Å². The molecule has 0 aliphatic heterocycles. The fourth-order valence-electron chi connectivity index (χ4n) is 1.33. The summed E-state index contributed by atoms with van der Waals surface area (Å²) in [5.41, 5.74) is -0.0915. The third-order valence-corrected chi connectivity index (χ3v) is 2.30. The van der Waals surface area contributed by atoms with Crippen molar-refractivity contribution in [2.24, 2.45) is 0 Å². The minimum absolute atomic E-state index is 0.0511. The molecule has 5 heteroatoms. The number of ether oxygens (including phenoxy) is 1. The quantitative estimate of drug-likeness (QED) is 0.863. The Labute approximate surface area is 91.7 Å². The number of halogens is 2. The van der Waals surface area contributed by atoms with Gasteiger partial charge in [-0.05, 0) is 19.1 Å². The molecule has 0 aromatic heterocycles. The summed E-state index contributed by atoms with van der Waals surface area (Å²) in [4.78, 5) is 10.7. The molecule has 0 saturated carbocycles.